The molecule has 0 aromatic rings. The van der Waals surface area contributed by atoms with Crippen molar-refractivity contribution in [2.45, 2.75) is 32.1 Å². The molecule has 2 atom stereocenters. The molecule has 0 spiro atoms. The minimum atomic E-state index is 0.844. The first kappa shape index (κ1) is 9.78. The van der Waals surface area contributed by atoms with Crippen LogP contribution in [-0.4, -0.2) is 11.0 Å². The van der Waals surface area contributed by atoms with Gasteiger partial charge in [-0.05, 0) is 42.1 Å². The number of alkyl halides is 1. The molecule has 1 rings (SSSR count). The third-order valence-electron chi connectivity index (χ3n) is 2.74. The number of hydrogen-bond donors (Lipinski definition) is 1. The van der Waals surface area contributed by atoms with Crippen LogP contribution >= 0.6 is 22.6 Å². The topological polar surface area (TPSA) is 26.0 Å². The molecule has 1 aliphatic carbocycles. The second kappa shape index (κ2) is 5.36. The average molecular weight is 267 g/mol. The van der Waals surface area contributed by atoms with E-state index >= 15 is 0 Å². The van der Waals surface area contributed by atoms with Crippen molar-refractivity contribution in [1.29, 1.82) is 0 Å². The van der Waals surface area contributed by atoms with Crippen LogP contribution in [0.3, 0.4) is 0 Å². The Hall–Kier alpha value is 0.690. The molecule has 0 aliphatic heterocycles. The maximum atomic E-state index is 5.66. The fourth-order valence-corrected chi connectivity index (χ4v) is 2.91. The fourth-order valence-electron chi connectivity index (χ4n) is 2.03. The summed E-state index contributed by atoms with van der Waals surface area (Å²) in [5, 5.41) is 0. The van der Waals surface area contributed by atoms with Crippen LogP contribution in [0.15, 0.2) is 0 Å². The highest BCUT2D eigenvalue weighted by molar-refractivity contribution is 14.1. The maximum Gasteiger partial charge on any atom is -0.000209 e. The molecule has 0 heterocycles. The quantitative estimate of drug-likeness (QED) is 0.617. The molecule has 66 valence electrons. The van der Waals surface area contributed by atoms with E-state index in [0.29, 0.717) is 0 Å². The summed E-state index contributed by atoms with van der Waals surface area (Å²) in [6.07, 6.45) is 7.08. The SMILES string of the molecule is NCC1CCCC(CCI)C1. The fraction of sp³-hybridized carbons (Fsp3) is 1.00. The Bertz CT molecular complexity index is 104. The summed E-state index contributed by atoms with van der Waals surface area (Å²) < 4.78 is 1.32. The molecule has 0 bridgehead atoms. The van der Waals surface area contributed by atoms with Gasteiger partial charge in [0.1, 0.15) is 0 Å². The molecule has 0 radical (unpaired) electrons. The highest BCUT2D eigenvalue weighted by atomic mass is 127. The summed E-state index contributed by atoms with van der Waals surface area (Å²) in [5.74, 6) is 1.84. The van der Waals surface area contributed by atoms with Gasteiger partial charge in [0.15, 0.2) is 0 Å². The minimum Gasteiger partial charge on any atom is -0.330 e. The van der Waals surface area contributed by atoms with E-state index in [9.17, 15) is 0 Å². The monoisotopic (exact) mass is 267 g/mol. The summed E-state index contributed by atoms with van der Waals surface area (Å²) in [6.45, 7) is 0.914. The van der Waals surface area contributed by atoms with Gasteiger partial charge in [-0.15, -0.1) is 0 Å². The van der Waals surface area contributed by atoms with Gasteiger partial charge in [0, 0.05) is 0 Å². The van der Waals surface area contributed by atoms with Crippen LogP contribution in [0.1, 0.15) is 32.1 Å². The van der Waals surface area contributed by atoms with Crippen LogP contribution in [0.25, 0.3) is 0 Å². The van der Waals surface area contributed by atoms with Gasteiger partial charge in [-0.25, -0.2) is 0 Å². The molecule has 2 heteroatoms. The zero-order valence-electron chi connectivity index (χ0n) is 7.06. The highest BCUT2D eigenvalue weighted by Gasteiger charge is 2.19. The Morgan fingerprint density at radius 2 is 2.00 bits per heavy atom. The van der Waals surface area contributed by atoms with Crippen molar-refractivity contribution in [1.82, 2.24) is 0 Å². The first-order valence-corrected chi connectivity index (χ1v) is 6.15. The van der Waals surface area contributed by atoms with E-state index in [1.807, 2.05) is 0 Å². The second-order valence-corrected chi connectivity index (χ2v) is 4.69. The average Bonchev–Trinajstić information content (AvgIpc) is 2.06. The van der Waals surface area contributed by atoms with E-state index in [2.05, 4.69) is 22.6 Å². The molecule has 1 fully saturated rings. The van der Waals surface area contributed by atoms with Gasteiger partial charge in [0.25, 0.3) is 0 Å². The first-order valence-electron chi connectivity index (χ1n) is 4.62. The lowest BCUT2D eigenvalue weighted by atomic mass is 9.80. The summed E-state index contributed by atoms with van der Waals surface area (Å²) in [7, 11) is 0. The largest absolute Gasteiger partial charge is 0.330 e. The third kappa shape index (κ3) is 3.28. The van der Waals surface area contributed by atoms with Gasteiger partial charge in [-0.3, -0.25) is 0 Å². The van der Waals surface area contributed by atoms with Crippen LogP contribution in [0.4, 0.5) is 0 Å². The van der Waals surface area contributed by atoms with Crippen LogP contribution in [0.5, 0.6) is 0 Å². The summed E-state index contributed by atoms with van der Waals surface area (Å²) in [5.41, 5.74) is 5.66. The Kier molecular flexibility index (Phi) is 4.76. The predicted octanol–water partition coefficient (Wildman–Crippen LogP) is 2.58. The molecule has 0 amide bonds. The molecule has 0 saturated heterocycles. The van der Waals surface area contributed by atoms with Crippen molar-refractivity contribution in [2.75, 3.05) is 11.0 Å². The maximum absolute atomic E-state index is 5.66. The van der Waals surface area contributed by atoms with Crippen molar-refractivity contribution in [3.05, 3.63) is 0 Å². The number of nitrogens with two attached hydrogens (primary N) is 1. The molecular formula is C9H18IN. The molecule has 0 aromatic heterocycles. The predicted molar refractivity (Wildman–Crippen MR) is 58.0 cm³/mol. The Morgan fingerprint density at radius 1 is 1.27 bits per heavy atom. The van der Waals surface area contributed by atoms with Gasteiger partial charge in [-0.2, -0.15) is 0 Å². The van der Waals surface area contributed by atoms with Crippen LogP contribution < -0.4 is 5.73 Å². The molecule has 1 saturated carbocycles. The summed E-state index contributed by atoms with van der Waals surface area (Å²) in [6, 6.07) is 0. The van der Waals surface area contributed by atoms with Gasteiger partial charge in [0.2, 0.25) is 0 Å². The first-order chi connectivity index (χ1) is 5.36. The minimum absolute atomic E-state index is 0.844. The Labute approximate surface area is 83.3 Å². The Balaban J connectivity index is 2.21. The van der Waals surface area contributed by atoms with E-state index in [1.54, 1.807) is 0 Å². The van der Waals surface area contributed by atoms with Crippen LogP contribution in [0.2, 0.25) is 0 Å². The van der Waals surface area contributed by atoms with E-state index < -0.39 is 0 Å². The summed E-state index contributed by atoms with van der Waals surface area (Å²) >= 11 is 2.48. The van der Waals surface area contributed by atoms with Crippen LogP contribution in [0, 0.1) is 11.8 Å². The lowest BCUT2D eigenvalue weighted by Crippen LogP contribution is -2.22. The standard InChI is InChI=1S/C9H18IN/c10-5-4-8-2-1-3-9(6-8)7-11/h8-9H,1-7,11H2. The van der Waals surface area contributed by atoms with Crippen molar-refractivity contribution >= 4 is 22.6 Å². The normalized spacial score (nSPS) is 32.2. The lowest BCUT2D eigenvalue weighted by Gasteiger charge is -2.27. The van der Waals surface area contributed by atoms with Crippen molar-refractivity contribution in [3.63, 3.8) is 0 Å². The summed E-state index contributed by atoms with van der Waals surface area (Å²) in [4.78, 5) is 0. The third-order valence-corrected chi connectivity index (χ3v) is 3.36. The van der Waals surface area contributed by atoms with Gasteiger partial charge in [0.05, 0.1) is 0 Å². The molecule has 1 aliphatic rings. The molecular weight excluding hydrogens is 249 g/mol. The van der Waals surface area contributed by atoms with Crippen molar-refractivity contribution in [3.8, 4) is 0 Å². The smallest absolute Gasteiger partial charge is 0.000209 e. The van der Waals surface area contributed by atoms with Gasteiger partial charge in [-0.1, -0.05) is 35.4 Å². The second-order valence-electron chi connectivity index (χ2n) is 3.61. The molecule has 2 N–H and O–H groups in total. The number of halogens is 1. The van der Waals surface area contributed by atoms with Crippen LogP contribution in [-0.2, 0) is 0 Å². The number of rotatable bonds is 3. The van der Waals surface area contributed by atoms with E-state index in [-0.39, 0.29) is 0 Å². The molecule has 0 aromatic carbocycles. The van der Waals surface area contributed by atoms with Crippen molar-refractivity contribution in [2.24, 2.45) is 17.6 Å². The van der Waals surface area contributed by atoms with E-state index in [0.717, 1.165) is 18.4 Å². The zero-order valence-corrected chi connectivity index (χ0v) is 9.22. The van der Waals surface area contributed by atoms with Gasteiger partial charge >= 0.3 is 0 Å². The van der Waals surface area contributed by atoms with E-state index in [4.69, 9.17) is 5.73 Å². The van der Waals surface area contributed by atoms with Gasteiger partial charge < -0.3 is 5.73 Å². The molecule has 2 unspecified atom stereocenters. The highest BCUT2D eigenvalue weighted by Crippen LogP contribution is 2.30. The molecule has 11 heavy (non-hydrogen) atoms. The lowest BCUT2D eigenvalue weighted by molar-refractivity contribution is 0.268. The van der Waals surface area contributed by atoms with E-state index in [1.165, 1.54) is 36.5 Å². The van der Waals surface area contributed by atoms with Crippen molar-refractivity contribution < 1.29 is 0 Å². The number of hydrogen-bond acceptors (Lipinski definition) is 1. The zero-order chi connectivity index (χ0) is 8.10. The Morgan fingerprint density at radius 3 is 2.64 bits per heavy atom. The molecule has 1 nitrogen and oxygen atoms in total.